The first-order chi connectivity index (χ1) is 6.95. The molecule has 0 spiro atoms. The Bertz CT molecular complexity index is 554. The predicted molar refractivity (Wildman–Crippen MR) is 57.2 cm³/mol. The zero-order chi connectivity index (χ0) is 9.38. The summed E-state index contributed by atoms with van der Waals surface area (Å²) < 4.78 is 0. The standard InChI is InChI=1S/C10H7N3S/c1-2-11-5-7-8(6-13-9(1)7)10-12-3-4-14-10/h1-6,13H. The van der Waals surface area contributed by atoms with Crippen LogP contribution in [0.25, 0.3) is 21.5 Å². The maximum atomic E-state index is 4.28. The lowest BCUT2D eigenvalue weighted by atomic mass is 10.2. The quantitative estimate of drug-likeness (QED) is 0.657. The van der Waals surface area contributed by atoms with Crippen LogP contribution in [0.5, 0.6) is 0 Å². The smallest absolute Gasteiger partial charge is 0.125 e. The van der Waals surface area contributed by atoms with Gasteiger partial charge in [0.25, 0.3) is 0 Å². The summed E-state index contributed by atoms with van der Waals surface area (Å²) in [6.07, 6.45) is 7.44. The summed E-state index contributed by atoms with van der Waals surface area (Å²) in [6, 6.07) is 1.96. The molecular formula is C10H7N3S. The maximum Gasteiger partial charge on any atom is 0.125 e. The van der Waals surface area contributed by atoms with Gasteiger partial charge in [-0.2, -0.15) is 0 Å². The number of nitrogens with one attached hydrogen (secondary N) is 1. The number of nitrogens with zero attached hydrogens (tertiary/aromatic N) is 2. The van der Waals surface area contributed by atoms with Crippen molar-refractivity contribution < 1.29 is 0 Å². The number of rotatable bonds is 1. The van der Waals surface area contributed by atoms with E-state index in [0.29, 0.717) is 0 Å². The van der Waals surface area contributed by atoms with Crippen LogP contribution >= 0.6 is 11.3 Å². The van der Waals surface area contributed by atoms with Crippen molar-refractivity contribution in [2.75, 3.05) is 0 Å². The van der Waals surface area contributed by atoms with Gasteiger partial charge in [-0.15, -0.1) is 11.3 Å². The summed E-state index contributed by atoms with van der Waals surface area (Å²) in [5.41, 5.74) is 2.23. The number of aromatic amines is 1. The fraction of sp³-hybridized carbons (Fsp3) is 0. The van der Waals surface area contributed by atoms with Gasteiger partial charge >= 0.3 is 0 Å². The molecule has 68 valence electrons. The number of H-pyrrole nitrogens is 1. The van der Waals surface area contributed by atoms with Crippen LogP contribution < -0.4 is 0 Å². The van der Waals surface area contributed by atoms with Gasteiger partial charge in [0.05, 0.1) is 0 Å². The van der Waals surface area contributed by atoms with Gasteiger partial charge in [0.2, 0.25) is 0 Å². The number of aromatic nitrogens is 3. The zero-order valence-electron chi connectivity index (χ0n) is 7.27. The van der Waals surface area contributed by atoms with Crippen molar-refractivity contribution in [3.05, 3.63) is 36.2 Å². The molecule has 14 heavy (non-hydrogen) atoms. The first-order valence-corrected chi connectivity index (χ1v) is 5.14. The van der Waals surface area contributed by atoms with Crippen LogP contribution in [0.3, 0.4) is 0 Å². The van der Waals surface area contributed by atoms with E-state index in [2.05, 4.69) is 15.0 Å². The first kappa shape index (κ1) is 7.70. The lowest BCUT2D eigenvalue weighted by Crippen LogP contribution is -1.73. The van der Waals surface area contributed by atoms with Crippen molar-refractivity contribution in [1.29, 1.82) is 0 Å². The van der Waals surface area contributed by atoms with Gasteiger partial charge in [0, 0.05) is 46.6 Å². The molecule has 3 aromatic heterocycles. The molecule has 0 saturated heterocycles. The largest absolute Gasteiger partial charge is 0.360 e. The monoisotopic (exact) mass is 201 g/mol. The SMILES string of the molecule is c1cc2[nH]cc(-c3nccs3)c2cn1. The third kappa shape index (κ3) is 1.04. The third-order valence-electron chi connectivity index (χ3n) is 2.15. The summed E-state index contributed by atoms with van der Waals surface area (Å²) in [6.45, 7) is 0. The Morgan fingerprint density at radius 1 is 1.29 bits per heavy atom. The normalized spacial score (nSPS) is 10.9. The highest BCUT2D eigenvalue weighted by Crippen LogP contribution is 2.28. The van der Waals surface area contributed by atoms with Crippen molar-refractivity contribution in [2.45, 2.75) is 0 Å². The average Bonchev–Trinajstić information content (AvgIpc) is 2.85. The summed E-state index contributed by atoms with van der Waals surface area (Å²) in [4.78, 5) is 11.6. The molecule has 0 fully saturated rings. The first-order valence-electron chi connectivity index (χ1n) is 4.26. The van der Waals surface area contributed by atoms with Gasteiger partial charge in [-0.1, -0.05) is 0 Å². The van der Waals surface area contributed by atoms with E-state index in [-0.39, 0.29) is 0 Å². The van der Waals surface area contributed by atoms with Crippen LogP contribution in [0.15, 0.2) is 36.2 Å². The van der Waals surface area contributed by atoms with E-state index in [4.69, 9.17) is 0 Å². The van der Waals surface area contributed by atoms with Crippen molar-refractivity contribution in [3.8, 4) is 10.6 Å². The third-order valence-corrected chi connectivity index (χ3v) is 2.95. The zero-order valence-corrected chi connectivity index (χ0v) is 8.08. The van der Waals surface area contributed by atoms with E-state index in [0.717, 1.165) is 21.5 Å². The molecule has 0 atom stereocenters. The molecule has 4 heteroatoms. The van der Waals surface area contributed by atoms with E-state index in [1.807, 2.05) is 30.0 Å². The molecule has 3 heterocycles. The van der Waals surface area contributed by atoms with Gasteiger partial charge in [-0.3, -0.25) is 4.98 Å². The van der Waals surface area contributed by atoms with Crippen LogP contribution in [0, 0.1) is 0 Å². The Morgan fingerprint density at radius 2 is 2.29 bits per heavy atom. The van der Waals surface area contributed by atoms with E-state index in [1.54, 1.807) is 17.5 Å². The van der Waals surface area contributed by atoms with Gasteiger partial charge < -0.3 is 4.98 Å². The topological polar surface area (TPSA) is 41.6 Å². The van der Waals surface area contributed by atoms with Crippen molar-refractivity contribution in [3.63, 3.8) is 0 Å². The van der Waals surface area contributed by atoms with Crippen LogP contribution in [0.2, 0.25) is 0 Å². The van der Waals surface area contributed by atoms with Gasteiger partial charge in [0.15, 0.2) is 0 Å². The lowest BCUT2D eigenvalue weighted by molar-refractivity contribution is 1.36. The van der Waals surface area contributed by atoms with Gasteiger partial charge in [-0.25, -0.2) is 4.98 Å². The predicted octanol–water partition coefficient (Wildman–Crippen LogP) is 2.69. The number of hydrogen-bond acceptors (Lipinski definition) is 3. The Hall–Kier alpha value is -1.68. The Morgan fingerprint density at radius 3 is 3.14 bits per heavy atom. The summed E-state index contributed by atoms with van der Waals surface area (Å²) in [7, 11) is 0. The minimum Gasteiger partial charge on any atom is -0.360 e. The molecule has 3 rings (SSSR count). The molecule has 0 amide bonds. The number of thiazole rings is 1. The van der Waals surface area contributed by atoms with Crippen LogP contribution in [0.1, 0.15) is 0 Å². The molecule has 0 unspecified atom stereocenters. The van der Waals surface area contributed by atoms with Crippen molar-refractivity contribution >= 4 is 22.2 Å². The lowest BCUT2D eigenvalue weighted by Gasteiger charge is -1.91. The summed E-state index contributed by atoms with van der Waals surface area (Å²) >= 11 is 1.64. The molecule has 1 N–H and O–H groups in total. The van der Waals surface area contributed by atoms with Crippen molar-refractivity contribution in [1.82, 2.24) is 15.0 Å². The Labute approximate surface area is 84.5 Å². The maximum absolute atomic E-state index is 4.28. The number of pyridine rings is 1. The highest BCUT2D eigenvalue weighted by Gasteiger charge is 2.06. The molecule has 0 aliphatic carbocycles. The van der Waals surface area contributed by atoms with E-state index in [1.165, 1.54) is 0 Å². The Balaban J connectivity index is 2.33. The highest BCUT2D eigenvalue weighted by atomic mass is 32.1. The molecule has 3 aromatic rings. The molecule has 0 saturated carbocycles. The second kappa shape index (κ2) is 2.92. The fourth-order valence-electron chi connectivity index (χ4n) is 1.50. The van der Waals surface area contributed by atoms with E-state index >= 15 is 0 Å². The Kier molecular flexibility index (Phi) is 1.61. The average molecular weight is 201 g/mol. The molecule has 0 aliphatic heterocycles. The second-order valence-electron chi connectivity index (χ2n) is 2.96. The summed E-state index contributed by atoms with van der Waals surface area (Å²) in [5.74, 6) is 0. The number of fused-ring (bicyclic) bond motifs is 1. The molecular weight excluding hydrogens is 194 g/mol. The van der Waals surface area contributed by atoms with E-state index in [9.17, 15) is 0 Å². The van der Waals surface area contributed by atoms with Gasteiger partial charge in [0.1, 0.15) is 5.01 Å². The molecule has 0 bridgehead atoms. The van der Waals surface area contributed by atoms with Crippen LogP contribution in [-0.4, -0.2) is 15.0 Å². The highest BCUT2D eigenvalue weighted by molar-refractivity contribution is 7.13. The fourth-order valence-corrected chi connectivity index (χ4v) is 2.16. The molecule has 0 radical (unpaired) electrons. The van der Waals surface area contributed by atoms with E-state index < -0.39 is 0 Å². The minimum atomic E-state index is 1.03. The van der Waals surface area contributed by atoms with Crippen LogP contribution in [0.4, 0.5) is 0 Å². The van der Waals surface area contributed by atoms with Gasteiger partial charge in [-0.05, 0) is 6.07 Å². The van der Waals surface area contributed by atoms with Crippen molar-refractivity contribution in [2.24, 2.45) is 0 Å². The molecule has 0 aromatic carbocycles. The summed E-state index contributed by atoms with van der Waals surface area (Å²) in [5, 5.41) is 4.14. The minimum absolute atomic E-state index is 1.03. The second-order valence-corrected chi connectivity index (χ2v) is 3.86. The molecule has 0 aliphatic rings. The van der Waals surface area contributed by atoms with Crippen LogP contribution in [-0.2, 0) is 0 Å². The number of hydrogen-bond donors (Lipinski definition) is 1. The molecule has 3 nitrogen and oxygen atoms in total.